The van der Waals surface area contributed by atoms with E-state index < -0.39 is 9.04 Å². The Morgan fingerprint density at radius 1 is 1.00 bits per heavy atom. The van der Waals surface area contributed by atoms with Gasteiger partial charge in [0.05, 0.1) is 0 Å². The molecule has 4 heteroatoms. The predicted molar refractivity (Wildman–Crippen MR) is 107 cm³/mol. The number of thioether (sulfide) groups is 1. The van der Waals surface area contributed by atoms with Gasteiger partial charge in [-0.25, -0.2) is 0 Å². The first-order valence-electron chi connectivity index (χ1n) is 9.77. The zero-order valence-electron chi connectivity index (χ0n) is 16.2. The summed E-state index contributed by atoms with van der Waals surface area (Å²) in [5.41, 5.74) is 0. The lowest BCUT2D eigenvalue weighted by Crippen LogP contribution is -2.28. The van der Waals surface area contributed by atoms with E-state index in [1.165, 1.54) is 44.2 Å². The second kappa shape index (κ2) is 15.7. The highest BCUT2D eigenvalue weighted by atomic mass is 32.2. The fraction of sp³-hybridized carbons (Fsp3) is 0.947. The monoisotopic (exact) mass is 359 g/mol. The quantitative estimate of drug-likeness (QED) is 0.243. The van der Waals surface area contributed by atoms with Gasteiger partial charge in [0.15, 0.2) is 5.12 Å². The van der Waals surface area contributed by atoms with E-state index in [0.717, 1.165) is 25.7 Å². The van der Waals surface area contributed by atoms with Gasteiger partial charge < -0.3 is 4.43 Å². The smallest absolute Gasteiger partial charge is 0.211 e. The molecule has 0 fully saturated rings. The molecule has 137 valence electrons. The van der Waals surface area contributed by atoms with Crippen LogP contribution in [0.3, 0.4) is 0 Å². The second-order valence-electron chi connectivity index (χ2n) is 6.56. The van der Waals surface area contributed by atoms with Crippen molar-refractivity contribution in [3.63, 3.8) is 0 Å². The van der Waals surface area contributed by atoms with Crippen molar-refractivity contribution in [2.24, 2.45) is 0 Å². The summed E-state index contributed by atoms with van der Waals surface area (Å²) < 4.78 is 6.50. The summed E-state index contributed by atoms with van der Waals surface area (Å²) in [7, 11) is -0.652. The Bertz CT molecular complexity index is 281. The van der Waals surface area contributed by atoms with E-state index in [-0.39, 0.29) is 0 Å². The summed E-state index contributed by atoms with van der Waals surface area (Å²) in [4.78, 5) is 12.0. The van der Waals surface area contributed by atoms with Crippen LogP contribution >= 0.6 is 11.8 Å². The molecule has 0 aromatic carbocycles. The zero-order chi connectivity index (χ0) is 17.5. The molecule has 0 bridgehead atoms. The van der Waals surface area contributed by atoms with Gasteiger partial charge in [-0.05, 0) is 31.4 Å². The largest absolute Gasteiger partial charge is 0.414 e. The summed E-state index contributed by atoms with van der Waals surface area (Å²) in [5.74, 6) is 0. The third-order valence-corrected chi connectivity index (χ3v) is 7.76. The van der Waals surface area contributed by atoms with Crippen molar-refractivity contribution in [1.29, 1.82) is 0 Å². The molecule has 1 radical (unpaired) electrons. The number of unbranched alkanes of at least 4 members (excludes halogenated alkanes) is 2. The van der Waals surface area contributed by atoms with E-state index in [1.54, 1.807) is 11.8 Å². The van der Waals surface area contributed by atoms with E-state index in [2.05, 4.69) is 34.6 Å². The summed E-state index contributed by atoms with van der Waals surface area (Å²) in [6, 6.07) is 2.52. The summed E-state index contributed by atoms with van der Waals surface area (Å²) in [6.45, 7) is 11.1. The molecular weight excluding hydrogens is 320 g/mol. The second-order valence-corrected chi connectivity index (χ2v) is 10.4. The fourth-order valence-corrected chi connectivity index (χ4v) is 6.11. The highest BCUT2D eigenvalue weighted by Crippen LogP contribution is 2.24. The lowest BCUT2D eigenvalue weighted by molar-refractivity contribution is -0.111. The minimum atomic E-state index is -0.652. The van der Waals surface area contributed by atoms with E-state index in [4.69, 9.17) is 4.43 Å². The van der Waals surface area contributed by atoms with Crippen molar-refractivity contribution >= 4 is 25.9 Å². The van der Waals surface area contributed by atoms with E-state index in [9.17, 15) is 4.79 Å². The van der Waals surface area contributed by atoms with Gasteiger partial charge in [-0.3, -0.25) is 4.79 Å². The van der Waals surface area contributed by atoms with Crippen LogP contribution in [0.15, 0.2) is 0 Å². The average molecular weight is 360 g/mol. The molecule has 2 nitrogen and oxygen atoms in total. The first kappa shape index (κ1) is 23.2. The Balaban J connectivity index is 4.29. The molecule has 0 N–H and O–H groups in total. The van der Waals surface area contributed by atoms with Crippen molar-refractivity contribution < 1.29 is 9.22 Å². The van der Waals surface area contributed by atoms with Crippen LogP contribution in [0.4, 0.5) is 0 Å². The molecule has 0 heterocycles. The number of hydrogen-bond acceptors (Lipinski definition) is 3. The summed E-state index contributed by atoms with van der Waals surface area (Å²) in [5, 5.41) is 0.751. The molecular formula is C19H39O2SSi. The number of rotatable bonds is 15. The fourth-order valence-electron chi connectivity index (χ4n) is 2.80. The standard InChI is InChI=1S/C19H39O2SSi/c1-6-10-11-13-19(20)22-17(5)16-18(12-7-2)21-23(14-8-3)15-9-4/h17-18H,6-16H2,1-5H3. The molecule has 0 spiro atoms. The molecule has 0 aromatic heterocycles. The van der Waals surface area contributed by atoms with E-state index in [0.29, 0.717) is 16.5 Å². The van der Waals surface area contributed by atoms with Crippen LogP contribution in [0.1, 0.15) is 92.4 Å². The molecule has 23 heavy (non-hydrogen) atoms. The minimum Gasteiger partial charge on any atom is -0.414 e. The number of carbonyl (C=O) groups is 1. The molecule has 0 saturated heterocycles. The van der Waals surface area contributed by atoms with E-state index >= 15 is 0 Å². The zero-order valence-corrected chi connectivity index (χ0v) is 18.0. The maximum Gasteiger partial charge on any atom is 0.211 e. The van der Waals surface area contributed by atoms with Gasteiger partial charge in [-0.1, -0.05) is 78.5 Å². The first-order valence-corrected chi connectivity index (χ1v) is 12.5. The van der Waals surface area contributed by atoms with Crippen molar-refractivity contribution in [3.8, 4) is 0 Å². The van der Waals surface area contributed by atoms with Gasteiger partial charge in [0, 0.05) is 17.8 Å². The molecule has 0 saturated carbocycles. The lowest BCUT2D eigenvalue weighted by Gasteiger charge is -2.25. The molecule has 0 aliphatic rings. The third kappa shape index (κ3) is 13.2. The Hall–Kier alpha value is 0.197. The minimum absolute atomic E-state index is 0.359. The van der Waals surface area contributed by atoms with Crippen molar-refractivity contribution in [1.82, 2.24) is 0 Å². The van der Waals surface area contributed by atoms with Crippen LogP contribution in [0.2, 0.25) is 12.1 Å². The molecule has 0 aliphatic heterocycles. The molecule has 0 aromatic rings. The molecule has 2 atom stereocenters. The van der Waals surface area contributed by atoms with Crippen LogP contribution in [0, 0.1) is 0 Å². The molecule has 0 amide bonds. The van der Waals surface area contributed by atoms with Crippen LogP contribution < -0.4 is 0 Å². The maximum atomic E-state index is 12.0. The van der Waals surface area contributed by atoms with Crippen LogP contribution in [-0.2, 0) is 9.22 Å². The van der Waals surface area contributed by atoms with Gasteiger partial charge >= 0.3 is 0 Å². The predicted octanol–water partition coefficient (Wildman–Crippen LogP) is 6.60. The van der Waals surface area contributed by atoms with Gasteiger partial charge in [0.1, 0.15) is 0 Å². The number of hydrogen-bond donors (Lipinski definition) is 0. The molecule has 0 aliphatic carbocycles. The van der Waals surface area contributed by atoms with Crippen molar-refractivity contribution in [2.75, 3.05) is 0 Å². The van der Waals surface area contributed by atoms with Crippen LogP contribution in [0.25, 0.3) is 0 Å². The highest BCUT2D eigenvalue weighted by Gasteiger charge is 2.21. The Morgan fingerprint density at radius 2 is 1.65 bits per heavy atom. The van der Waals surface area contributed by atoms with Gasteiger partial charge in [0.2, 0.25) is 9.04 Å². The molecule has 0 rings (SSSR count). The highest BCUT2D eigenvalue weighted by molar-refractivity contribution is 8.14. The van der Waals surface area contributed by atoms with Gasteiger partial charge in [-0.15, -0.1) is 0 Å². The topological polar surface area (TPSA) is 26.3 Å². The average Bonchev–Trinajstić information content (AvgIpc) is 2.48. The van der Waals surface area contributed by atoms with Crippen molar-refractivity contribution in [3.05, 3.63) is 0 Å². The van der Waals surface area contributed by atoms with Crippen LogP contribution in [0.5, 0.6) is 0 Å². The Labute approximate surface area is 151 Å². The first-order chi connectivity index (χ1) is 11.1. The number of carbonyl (C=O) groups excluding carboxylic acids is 1. The SMILES string of the molecule is CCCCCC(=O)SC(C)CC(CCC)O[Si](CCC)CCC. The van der Waals surface area contributed by atoms with Gasteiger partial charge in [-0.2, -0.15) is 0 Å². The van der Waals surface area contributed by atoms with E-state index in [1.807, 2.05) is 0 Å². The summed E-state index contributed by atoms with van der Waals surface area (Å²) in [6.07, 6.45) is 10.3. The lowest BCUT2D eigenvalue weighted by atomic mass is 10.1. The molecule has 2 unspecified atom stereocenters. The maximum absolute atomic E-state index is 12.0. The third-order valence-electron chi connectivity index (χ3n) is 3.91. The normalized spacial score (nSPS) is 14.2. The van der Waals surface area contributed by atoms with Crippen LogP contribution in [-0.4, -0.2) is 25.5 Å². The Kier molecular flexibility index (Phi) is 15.8. The van der Waals surface area contributed by atoms with Gasteiger partial charge in [0.25, 0.3) is 0 Å². The van der Waals surface area contributed by atoms with Crippen molar-refractivity contribution in [2.45, 2.75) is 116 Å². The Morgan fingerprint density at radius 3 is 2.17 bits per heavy atom. The summed E-state index contributed by atoms with van der Waals surface area (Å²) >= 11 is 1.55.